The third kappa shape index (κ3) is 2.43. The molecule has 0 radical (unpaired) electrons. The molecule has 164 valence electrons. The van der Waals surface area contributed by atoms with E-state index >= 15 is 0 Å². The largest absolute Gasteiger partial charge is 0.466 e. The zero-order valence-electron chi connectivity index (χ0n) is 18.6. The van der Waals surface area contributed by atoms with Gasteiger partial charge in [0.2, 0.25) is 0 Å². The molecule has 0 spiro atoms. The summed E-state index contributed by atoms with van der Waals surface area (Å²) < 4.78 is 6.14. The van der Waals surface area contributed by atoms with Gasteiger partial charge in [-0.2, -0.15) is 0 Å². The van der Waals surface area contributed by atoms with Gasteiger partial charge in [-0.1, -0.05) is 25.5 Å². The molecule has 0 aliphatic heterocycles. The van der Waals surface area contributed by atoms with Crippen molar-refractivity contribution in [2.45, 2.75) is 83.0 Å². The lowest BCUT2D eigenvalue weighted by atomic mass is 9.42. The second-order valence-electron chi connectivity index (χ2n) is 10.8. The Hall–Kier alpha value is -1.43. The van der Waals surface area contributed by atoms with E-state index in [9.17, 15) is 15.0 Å². The molecule has 0 aromatic carbocycles. The molecule has 1 heterocycles. The van der Waals surface area contributed by atoms with E-state index in [-0.39, 0.29) is 40.6 Å². The van der Waals surface area contributed by atoms with Crippen molar-refractivity contribution in [3.8, 4) is 0 Å². The maximum Gasteiger partial charge on any atom is 0.140 e. The summed E-state index contributed by atoms with van der Waals surface area (Å²) in [5.41, 5.74) is 0.122. The number of ketones is 1. The molecule has 1 aromatic heterocycles. The first kappa shape index (κ1) is 20.5. The Kier molecular flexibility index (Phi) is 4.46. The van der Waals surface area contributed by atoms with Gasteiger partial charge in [-0.3, -0.25) is 4.79 Å². The van der Waals surface area contributed by atoms with Crippen molar-refractivity contribution in [1.82, 2.24) is 5.32 Å². The van der Waals surface area contributed by atoms with Gasteiger partial charge in [0, 0.05) is 23.3 Å². The number of aliphatic hydroxyl groups excluding tert-OH is 2. The molecule has 3 saturated carbocycles. The summed E-state index contributed by atoms with van der Waals surface area (Å²) in [5, 5.41) is 25.7. The number of carbonyl (C=O) groups is 1. The van der Waals surface area contributed by atoms with E-state index in [1.54, 1.807) is 0 Å². The molecule has 5 nitrogen and oxygen atoms in total. The number of rotatable bonds is 2. The van der Waals surface area contributed by atoms with Crippen LogP contribution in [0, 0.1) is 29.6 Å². The van der Waals surface area contributed by atoms with E-state index in [0.717, 1.165) is 30.8 Å². The molecule has 4 aliphatic rings. The zero-order valence-corrected chi connectivity index (χ0v) is 18.6. The fourth-order valence-corrected chi connectivity index (χ4v) is 8.02. The number of nitrogens with one attached hydrogen (secondary N) is 1. The van der Waals surface area contributed by atoms with E-state index in [2.05, 4.69) is 31.3 Å². The maximum absolute atomic E-state index is 13.1. The highest BCUT2D eigenvalue weighted by Gasteiger charge is 2.70. The molecule has 0 bridgehead atoms. The van der Waals surface area contributed by atoms with Crippen molar-refractivity contribution in [1.29, 1.82) is 0 Å². The molecular formula is C25H35NO4. The molecular weight excluding hydrogens is 378 g/mol. The van der Waals surface area contributed by atoms with Gasteiger partial charge in [0.15, 0.2) is 0 Å². The Balaban J connectivity index is 1.75. The highest BCUT2D eigenvalue weighted by atomic mass is 16.3. The van der Waals surface area contributed by atoms with Crippen molar-refractivity contribution in [2.75, 3.05) is 7.05 Å². The lowest BCUT2D eigenvalue weighted by Gasteiger charge is -2.64. The number of hydrogen-bond donors (Lipinski definition) is 3. The van der Waals surface area contributed by atoms with Gasteiger partial charge < -0.3 is 19.9 Å². The Labute approximate surface area is 178 Å². The SMILES string of the molecule is CNC12CCC(=O)[C@]1(C)C[C@@H](O)C1C2[C@H](c2ccc(C)o2)C=C2CC(O)CCC21C. The van der Waals surface area contributed by atoms with E-state index < -0.39 is 11.5 Å². The monoisotopic (exact) mass is 413 g/mol. The maximum atomic E-state index is 13.1. The first-order valence-corrected chi connectivity index (χ1v) is 11.5. The Morgan fingerprint density at radius 3 is 2.60 bits per heavy atom. The highest BCUT2D eigenvalue weighted by Crippen LogP contribution is 2.68. The molecule has 3 N–H and O–H groups in total. The average molecular weight is 414 g/mol. The minimum absolute atomic E-state index is 0.0202. The number of hydrogen-bond acceptors (Lipinski definition) is 5. The van der Waals surface area contributed by atoms with Gasteiger partial charge in [0.1, 0.15) is 17.3 Å². The lowest BCUT2D eigenvalue weighted by molar-refractivity contribution is -0.157. The third-order valence-electron chi connectivity index (χ3n) is 9.56. The van der Waals surface area contributed by atoms with Crippen LogP contribution in [0.3, 0.4) is 0 Å². The Morgan fingerprint density at radius 2 is 1.93 bits per heavy atom. The minimum atomic E-state index is -0.585. The summed E-state index contributed by atoms with van der Waals surface area (Å²) in [6.07, 6.45) is 5.59. The first-order chi connectivity index (χ1) is 14.2. The fraction of sp³-hybridized carbons (Fsp3) is 0.720. The van der Waals surface area contributed by atoms with Gasteiger partial charge in [-0.05, 0) is 75.5 Å². The van der Waals surface area contributed by atoms with Gasteiger partial charge in [0.25, 0.3) is 0 Å². The van der Waals surface area contributed by atoms with Crippen LogP contribution in [-0.4, -0.2) is 40.8 Å². The molecule has 4 aliphatic carbocycles. The standard InChI is InChI=1S/C25H35NO4/c1-14-5-6-19(30-14)17-12-15-11-16(27)7-9-23(15,2)22-18(28)13-24(3)20(29)8-10-25(24,26-4)21(17)22/h5-6,12,16-18,21-22,26-28H,7-11,13H2,1-4H3/t16?,17-,18+,21?,22?,23?,24-,25?/m0/s1. The van der Waals surface area contributed by atoms with E-state index in [1.165, 1.54) is 5.57 Å². The highest BCUT2D eigenvalue weighted by molar-refractivity contribution is 5.89. The van der Waals surface area contributed by atoms with Crippen molar-refractivity contribution in [3.05, 3.63) is 35.3 Å². The molecule has 5 rings (SSSR count). The van der Waals surface area contributed by atoms with Crippen LogP contribution in [-0.2, 0) is 4.79 Å². The molecule has 0 saturated heterocycles. The van der Waals surface area contributed by atoms with E-state index in [0.29, 0.717) is 19.3 Å². The summed E-state index contributed by atoms with van der Waals surface area (Å²) >= 11 is 0. The summed E-state index contributed by atoms with van der Waals surface area (Å²) in [4.78, 5) is 13.1. The molecule has 3 fully saturated rings. The van der Waals surface area contributed by atoms with Gasteiger partial charge in [0.05, 0.1) is 12.2 Å². The molecule has 5 unspecified atom stereocenters. The van der Waals surface area contributed by atoms with Crippen LogP contribution >= 0.6 is 0 Å². The van der Waals surface area contributed by atoms with Crippen LogP contribution in [0.5, 0.6) is 0 Å². The van der Waals surface area contributed by atoms with Gasteiger partial charge in [-0.15, -0.1) is 0 Å². The number of aryl methyl sites for hydroxylation is 1. The van der Waals surface area contributed by atoms with Gasteiger partial charge >= 0.3 is 0 Å². The smallest absolute Gasteiger partial charge is 0.140 e. The number of fused-ring (bicyclic) bond motifs is 5. The van der Waals surface area contributed by atoms with Crippen LogP contribution in [0.4, 0.5) is 0 Å². The second-order valence-corrected chi connectivity index (χ2v) is 10.8. The molecule has 8 atom stereocenters. The predicted molar refractivity (Wildman–Crippen MR) is 114 cm³/mol. The predicted octanol–water partition coefficient (Wildman–Crippen LogP) is 3.49. The Bertz CT molecular complexity index is 905. The first-order valence-electron chi connectivity index (χ1n) is 11.5. The quantitative estimate of drug-likeness (QED) is 0.647. The van der Waals surface area contributed by atoms with Crippen LogP contribution in [0.15, 0.2) is 28.2 Å². The van der Waals surface area contributed by atoms with Crippen LogP contribution in [0.1, 0.15) is 69.8 Å². The van der Waals surface area contributed by atoms with Crippen molar-refractivity contribution < 1.29 is 19.4 Å². The topological polar surface area (TPSA) is 82.7 Å². The summed E-state index contributed by atoms with van der Waals surface area (Å²) in [6, 6.07) is 4.05. The average Bonchev–Trinajstić information content (AvgIpc) is 3.23. The van der Waals surface area contributed by atoms with Crippen LogP contribution in [0.25, 0.3) is 0 Å². The van der Waals surface area contributed by atoms with Crippen molar-refractivity contribution >= 4 is 5.78 Å². The minimum Gasteiger partial charge on any atom is -0.466 e. The van der Waals surface area contributed by atoms with Crippen LogP contribution < -0.4 is 5.32 Å². The summed E-state index contributed by atoms with van der Waals surface area (Å²) in [6.45, 7) is 6.30. The number of furan rings is 1. The molecule has 0 amide bonds. The normalized spacial score (nSPS) is 48.0. The zero-order chi connectivity index (χ0) is 21.5. The van der Waals surface area contributed by atoms with Crippen LogP contribution in [0.2, 0.25) is 0 Å². The number of carbonyl (C=O) groups excluding carboxylic acids is 1. The second kappa shape index (κ2) is 6.54. The molecule has 5 heteroatoms. The summed E-state index contributed by atoms with van der Waals surface area (Å²) in [7, 11) is 1.99. The van der Waals surface area contributed by atoms with Gasteiger partial charge in [-0.25, -0.2) is 0 Å². The van der Waals surface area contributed by atoms with E-state index in [1.807, 2.05) is 20.0 Å². The van der Waals surface area contributed by atoms with E-state index in [4.69, 9.17) is 4.42 Å². The fourth-order valence-electron chi connectivity index (χ4n) is 8.02. The third-order valence-corrected chi connectivity index (χ3v) is 9.56. The van der Waals surface area contributed by atoms with Crippen molar-refractivity contribution in [3.63, 3.8) is 0 Å². The number of allylic oxidation sites excluding steroid dienone is 1. The van der Waals surface area contributed by atoms with Crippen molar-refractivity contribution in [2.24, 2.45) is 22.7 Å². The Morgan fingerprint density at radius 1 is 1.17 bits per heavy atom. The molecule has 1 aromatic rings. The lowest BCUT2D eigenvalue weighted by Crippen LogP contribution is -2.70. The molecule has 30 heavy (non-hydrogen) atoms. The number of aliphatic hydroxyl groups is 2. The number of Topliss-reactive ketones (excluding diaryl/α,β-unsaturated/α-hetero) is 1. The summed E-state index contributed by atoms with van der Waals surface area (Å²) in [5.74, 6) is 2.09.